The topological polar surface area (TPSA) is 67.8 Å². The van der Waals surface area contributed by atoms with Crippen LogP contribution in [0.2, 0.25) is 0 Å². The second-order valence-electron chi connectivity index (χ2n) is 7.99. The van der Waals surface area contributed by atoms with E-state index in [-0.39, 0.29) is 18.5 Å². The molecule has 0 amide bonds. The maximum absolute atomic E-state index is 14.0. The monoisotopic (exact) mass is 414 g/mol. The number of piperazine rings is 1. The number of benzene rings is 1. The minimum Gasteiger partial charge on any atom is -0.394 e. The van der Waals surface area contributed by atoms with Crippen molar-refractivity contribution in [2.24, 2.45) is 0 Å². The van der Waals surface area contributed by atoms with Crippen LogP contribution in [-0.4, -0.2) is 78.4 Å². The number of aromatic nitrogens is 2. The average molecular weight is 415 g/mol. The Bertz CT molecular complexity index is 814. The van der Waals surface area contributed by atoms with Crippen LogP contribution in [0.5, 0.6) is 0 Å². The molecule has 7 nitrogen and oxygen atoms in total. The fourth-order valence-electron chi connectivity index (χ4n) is 4.37. The summed E-state index contributed by atoms with van der Waals surface area (Å²) in [6.45, 7) is 6.55. The number of nitrogens with zero attached hydrogens (tertiary/aromatic N) is 5. The highest BCUT2D eigenvalue weighted by molar-refractivity contribution is 5.50. The van der Waals surface area contributed by atoms with Crippen molar-refractivity contribution in [3.8, 4) is 0 Å². The van der Waals surface area contributed by atoms with Gasteiger partial charge in [0.05, 0.1) is 18.3 Å². The van der Waals surface area contributed by atoms with Gasteiger partial charge in [-0.1, -0.05) is 12.1 Å². The van der Waals surface area contributed by atoms with Crippen LogP contribution in [0.1, 0.15) is 19.3 Å². The van der Waals surface area contributed by atoms with Crippen molar-refractivity contribution in [3.63, 3.8) is 0 Å². The van der Waals surface area contributed by atoms with Gasteiger partial charge < -0.3 is 20.2 Å². The summed E-state index contributed by atoms with van der Waals surface area (Å²) in [6, 6.07) is 9.15. The summed E-state index contributed by atoms with van der Waals surface area (Å²) in [4.78, 5) is 15.4. The highest BCUT2D eigenvalue weighted by atomic mass is 19.1. The zero-order valence-electron chi connectivity index (χ0n) is 17.4. The van der Waals surface area contributed by atoms with Gasteiger partial charge in [0.1, 0.15) is 23.8 Å². The maximum atomic E-state index is 14.0. The van der Waals surface area contributed by atoms with Crippen molar-refractivity contribution in [3.05, 3.63) is 42.5 Å². The van der Waals surface area contributed by atoms with E-state index in [1.54, 1.807) is 12.4 Å². The van der Waals surface area contributed by atoms with Crippen LogP contribution >= 0.6 is 0 Å². The molecule has 0 bridgehead atoms. The zero-order chi connectivity index (χ0) is 20.8. The van der Waals surface area contributed by atoms with Crippen LogP contribution in [0.25, 0.3) is 0 Å². The fourth-order valence-corrected chi connectivity index (χ4v) is 4.37. The van der Waals surface area contributed by atoms with Crippen LogP contribution < -0.4 is 15.1 Å². The number of rotatable bonds is 8. The summed E-state index contributed by atoms with van der Waals surface area (Å²) < 4.78 is 14.0. The molecule has 0 spiro atoms. The van der Waals surface area contributed by atoms with Crippen molar-refractivity contribution in [1.82, 2.24) is 14.9 Å². The van der Waals surface area contributed by atoms with E-state index < -0.39 is 0 Å². The summed E-state index contributed by atoms with van der Waals surface area (Å²) in [5, 5.41) is 12.9. The Morgan fingerprint density at radius 3 is 2.73 bits per heavy atom. The first-order chi connectivity index (χ1) is 14.7. The third-order valence-electron chi connectivity index (χ3n) is 6.06. The van der Waals surface area contributed by atoms with E-state index in [1.807, 2.05) is 18.2 Å². The lowest BCUT2D eigenvalue weighted by molar-refractivity contribution is 0.256. The maximum Gasteiger partial charge on any atom is 0.146 e. The molecule has 162 valence electrons. The molecule has 1 aromatic carbocycles. The Morgan fingerprint density at radius 1 is 1.10 bits per heavy atom. The Hall–Kier alpha value is -2.45. The first kappa shape index (κ1) is 20.8. The highest BCUT2D eigenvalue weighted by Gasteiger charge is 2.25. The Labute approximate surface area is 177 Å². The van der Waals surface area contributed by atoms with Crippen molar-refractivity contribution in [1.29, 1.82) is 0 Å². The number of aliphatic hydroxyl groups excluding tert-OH is 1. The van der Waals surface area contributed by atoms with Crippen LogP contribution in [0, 0.1) is 5.82 Å². The minimum absolute atomic E-state index is 0.140. The van der Waals surface area contributed by atoms with Crippen molar-refractivity contribution in [2.75, 3.05) is 67.5 Å². The Kier molecular flexibility index (Phi) is 6.96. The van der Waals surface area contributed by atoms with Crippen LogP contribution in [0.3, 0.4) is 0 Å². The van der Waals surface area contributed by atoms with Gasteiger partial charge in [0.25, 0.3) is 0 Å². The average Bonchev–Trinajstić information content (AvgIpc) is 3.27. The third-order valence-corrected chi connectivity index (χ3v) is 6.06. The van der Waals surface area contributed by atoms with E-state index in [1.165, 1.54) is 6.07 Å². The van der Waals surface area contributed by atoms with Gasteiger partial charge >= 0.3 is 0 Å². The molecule has 1 unspecified atom stereocenters. The van der Waals surface area contributed by atoms with E-state index in [2.05, 4.69) is 30.0 Å². The number of hydrogen-bond donors (Lipinski definition) is 2. The molecule has 1 atom stereocenters. The van der Waals surface area contributed by atoms with E-state index >= 15 is 0 Å². The highest BCUT2D eigenvalue weighted by Crippen LogP contribution is 2.24. The van der Waals surface area contributed by atoms with Crippen LogP contribution in [-0.2, 0) is 0 Å². The normalized spacial score (nSPS) is 20.0. The predicted molar refractivity (Wildman–Crippen MR) is 118 cm³/mol. The van der Waals surface area contributed by atoms with E-state index in [0.717, 1.165) is 76.7 Å². The van der Waals surface area contributed by atoms with Gasteiger partial charge in [-0.2, -0.15) is 0 Å². The number of nitrogens with one attached hydrogen (secondary N) is 1. The van der Waals surface area contributed by atoms with Gasteiger partial charge in [-0.3, -0.25) is 4.90 Å². The van der Waals surface area contributed by atoms with E-state index in [4.69, 9.17) is 0 Å². The standard InChI is InChI=1S/C22H31FN6O/c23-19-6-1-2-7-20(19)28-13-11-27(12-14-28)9-4-8-24-21-15-22(26-17-25-21)29-10-3-5-18(29)16-30/h1-2,6-7,15,17-18,30H,3-5,8-14,16H2,(H,24,25,26). The van der Waals surface area contributed by atoms with Gasteiger partial charge in [-0.05, 0) is 37.9 Å². The molecular weight excluding hydrogens is 383 g/mol. The minimum atomic E-state index is -0.140. The second-order valence-corrected chi connectivity index (χ2v) is 7.99. The molecule has 2 saturated heterocycles. The van der Waals surface area contributed by atoms with Gasteiger partial charge in [-0.15, -0.1) is 0 Å². The molecule has 2 N–H and O–H groups in total. The molecule has 0 saturated carbocycles. The van der Waals surface area contributed by atoms with Gasteiger partial charge in [0.2, 0.25) is 0 Å². The number of hydrogen-bond acceptors (Lipinski definition) is 7. The molecule has 0 aliphatic carbocycles. The summed E-state index contributed by atoms with van der Waals surface area (Å²) in [6.07, 6.45) is 4.70. The van der Waals surface area contributed by atoms with E-state index in [9.17, 15) is 9.50 Å². The molecule has 0 radical (unpaired) electrons. The smallest absolute Gasteiger partial charge is 0.146 e. The lowest BCUT2D eigenvalue weighted by Gasteiger charge is -2.36. The number of halogens is 1. The summed E-state index contributed by atoms with van der Waals surface area (Å²) >= 11 is 0. The fraction of sp³-hybridized carbons (Fsp3) is 0.545. The summed E-state index contributed by atoms with van der Waals surface area (Å²) in [5.41, 5.74) is 0.708. The molecule has 2 aromatic rings. The number of aliphatic hydroxyl groups is 1. The Morgan fingerprint density at radius 2 is 1.93 bits per heavy atom. The van der Waals surface area contributed by atoms with E-state index in [0.29, 0.717) is 5.69 Å². The molecular formula is C22H31FN6O. The number of anilines is 3. The quantitative estimate of drug-likeness (QED) is 0.642. The first-order valence-corrected chi connectivity index (χ1v) is 10.9. The van der Waals surface area contributed by atoms with Crippen LogP contribution in [0.15, 0.2) is 36.7 Å². The molecule has 2 fully saturated rings. The predicted octanol–water partition coefficient (Wildman–Crippen LogP) is 2.20. The molecule has 2 aliphatic rings. The van der Waals surface area contributed by atoms with Crippen molar-refractivity contribution in [2.45, 2.75) is 25.3 Å². The molecule has 1 aromatic heterocycles. The first-order valence-electron chi connectivity index (χ1n) is 10.9. The molecule has 2 aliphatic heterocycles. The lowest BCUT2D eigenvalue weighted by atomic mass is 10.2. The second kappa shape index (κ2) is 10.0. The zero-order valence-corrected chi connectivity index (χ0v) is 17.4. The summed E-state index contributed by atoms with van der Waals surface area (Å²) in [7, 11) is 0. The Balaban J connectivity index is 1.19. The SMILES string of the molecule is OCC1CCCN1c1cc(NCCCN2CCN(c3ccccc3F)CC2)ncn1. The molecule has 4 rings (SSSR count). The van der Waals surface area contributed by atoms with Crippen molar-refractivity contribution >= 4 is 17.3 Å². The largest absolute Gasteiger partial charge is 0.394 e. The van der Waals surface area contributed by atoms with Gasteiger partial charge in [0.15, 0.2) is 0 Å². The molecule has 30 heavy (non-hydrogen) atoms. The molecule has 8 heteroatoms. The van der Waals surface area contributed by atoms with Gasteiger partial charge in [-0.25, -0.2) is 14.4 Å². The molecule has 3 heterocycles. The lowest BCUT2D eigenvalue weighted by Crippen LogP contribution is -2.47. The van der Waals surface area contributed by atoms with Crippen molar-refractivity contribution < 1.29 is 9.50 Å². The van der Waals surface area contributed by atoms with Crippen LogP contribution in [0.4, 0.5) is 21.7 Å². The summed E-state index contributed by atoms with van der Waals surface area (Å²) in [5.74, 6) is 1.57. The third kappa shape index (κ3) is 4.99. The van der Waals surface area contributed by atoms with Gasteiger partial charge in [0, 0.05) is 45.3 Å². The number of para-hydroxylation sites is 1.